The SMILES string of the molecule is C[C@H](N)[C@@H]1CCCN(C(=O)CCCOc2ccc(F)cc2F)C1. The number of hydrogen-bond donors (Lipinski definition) is 1. The minimum atomic E-state index is -0.730. The molecule has 6 heteroatoms. The molecule has 1 amide bonds. The van der Waals surface area contributed by atoms with Crippen LogP contribution >= 0.6 is 0 Å². The number of piperidine rings is 1. The fraction of sp³-hybridized carbons (Fsp3) is 0.588. The zero-order valence-corrected chi connectivity index (χ0v) is 13.4. The molecule has 0 saturated carbocycles. The summed E-state index contributed by atoms with van der Waals surface area (Å²) in [5.41, 5.74) is 5.92. The van der Waals surface area contributed by atoms with Crippen LogP contribution in [-0.4, -0.2) is 36.5 Å². The summed E-state index contributed by atoms with van der Waals surface area (Å²) in [5, 5.41) is 0. The third kappa shape index (κ3) is 5.16. The number of hydrogen-bond acceptors (Lipinski definition) is 3. The summed E-state index contributed by atoms with van der Waals surface area (Å²) in [6.07, 6.45) is 2.90. The Hall–Kier alpha value is -1.69. The second-order valence-corrected chi connectivity index (χ2v) is 6.13. The van der Waals surface area contributed by atoms with Gasteiger partial charge in [0.15, 0.2) is 11.6 Å². The molecule has 1 fully saturated rings. The maximum absolute atomic E-state index is 13.4. The van der Waals surface area contributed by atoms with Gasteiger partial charge >= 0.3 is 0 Å². The van der Waals surface area contributed by atoms with Crippen molar-refractivity contribution in [3.63, 3.8) is 0 Å². The van der Waals surface area contributed by atoms with Crippen molar-refractivity contribution in [2.45, 2.75) is 38.6 Å². The molecule has 0 unspecified atom stereocenters. The van der Waals surface area contributed by atoms with Gasteiger partial charge in [-0.1, -0.05) is 0 Å². The number of benzene rings is 1. The highest BCUT2D eigenvalue weighted by Gasteiger charge is 2.25. The number of likely N-dealkylation sites (tertiary alicyclic amines) is 1. The first-order valence-electron chi connectivity index (χ1n) is 8.08. The third-order valence-corrected chi connectivity index (χ3v) is 4.24. The number of carbonyl (C=O) groups excluding carboxylic acids is 1. The van der Waals surface area contributed by atoms with Crippen molar-refractivity contribution in [1.29, 1.82) is 0 Å². The number of nitrogens with zero attached hydrogens (tertiary/aromatic N) is 1. The number of halogens is 2. The number of carbonyl (C=O) groups is 1. The van der Waals surface area contributed by atoms with Crippen molar-refractivity contribution < 1.29 is 18.3 Å². The molecule has 0 radical (unpaired) electrons. The molecule has 1 aliphatic rings. The number of amides is 1. The fourth-order valence-electron chi connectivity index (χ4n) is 2.82. The van der Waals surface area contributed by atoms with E-state index in [-0.39, 0.29) is 24.3 Å². The lowest BCUT2D eigenvalue weighted by atomic mass is 9.92. The second kappa shape index (κ2) is 8.24. The van der Waals surface area contributed by atoms with E-state index in [9.17, 15) is 13.6 Å². The number of nitrogens with two attached hydrogens (primary N) is 1. The molecule has 0 aliphatic carbocycles. The Labute approximate surface area is 135 Å². The van der Waals surface area contributed by atoms with E-state index < -0.39 is 11.6 Å². The quantitative estimate of drug-likeness (QED) is 0.818. The molecule has 1 heterocycles. The van der Waals surface area contributed by atoms with E-state index in [1.807, 2.05) is 11.8 Å². The van der Waals surface area contributed by atoms with Gasteiger partial charge in [-0.3, -0.25) is 4.79 Å². The standard InChI is InChI=1S/C17H24F2N2O2/c1-12(20)13-4-2-8-21(11-13)17(22)5-3-9-23-16-7-6-14(18)10-15(16)19/h6-7,10,12-13H,2-5,8-9,11,20H2,1H3/t12-,13+/m0/s1. The monoisotopic (exact) mass is 326 g/mol. The van der Waals surface area contributed by atoms with Gasteiger partial charge in [0.25, 0.3) is 0 Å². The summed E-state index contributed by atoms with van der Waals surface area (Å²) in [7, 11) is 0. The van der Waals surface area contributed by atoms with Crippen LogP contribution in [0.25, 0.3) is 0 Å². The topological polar surface area (TPSA) is 55.6 Å². The van der Waals surface area contributed by atoms with Gasteiger partial charge in [-0.2, -0.15) is 0 Å². The Morgan fingerprint density at radius 1 is 1.48 bits per heavy atom. The van der Waals surface area contributed by atoms with E-state index in [2.05, 4.69) is 0 Å². The van der Waals surface area contributed by atoms with Crippen LogP contribution in [-0.2, 0) is 4.79 Å². The van der Waals surface area contributed by atoms with Gasteiger partial charge in [0, 0.05) is 31.6 Å². The molecular weight excluding hydrogens is 302 g/mol. The van der Waals surface area contributed by atoms with Crippen molar-refractivity contribution in [2.75, 3.05) is 19.7 Å². The summed E-state index contributed by atoms with van der Waals surface area (Å²) in [6.45, 7) is 3.68. The van der Waals surface area contributed by atoms with Gasteiger partial charge in [0.2, 0.25) is 5.91 Å². The van der Waals surface area contributed by atoms with Gasteiger partial charge in [-0.15, -0.1) is 0 Å². The predicted molar refractivity (Wildman–Crippen MR) is 84.0 cm³/mol. The first-order valence-corrected chi connectivity index (χ1v) is 8.08. The second-order valence-electron chi connectivity index (χ2n) is 6.13. The van der Waals surface area contributed by atoms with Crippen molar-refractivity contribution >= 4 is 5.91 Å². The molecule has 2 atom stereocenters. The number of rotatable bonds is 6. The van der Waals surface area contributed by atoms with Crippen molar-refractivity contribution in [3.05, 3.63) is 29.8 Å². The lowest BCUT2D eigenvalue weighted by molar-refractivity contribution is -0.133. The van der Waals surface area contributed by atoms with Gasteiger partial charge in [0.1, 0.15) is 5.82 Å². The predicted octanol–water partition coefficient (Wildman–Crippen LogP) is 2.71. The van der Waals surface area contributed by atoms with E-state index in [0.717, 1.165) is 31.5 Å². The van der Waals surface area contributed by atoms with Crippen LogP contribution in [0.4, 0.5) is 8.78 Å². The Bertz CT molecular complexity index is 537. The average Bonchev–Trinajstić information content (AvgIpc) is 2.53. The van der Waals surface area contributed by atoms with E-state index in [4.69, 9.17) is 10.5 Å². The van der Waals surface area contributed by atoms with E-state index >= 15 is 0 Å². The highest BCUT2D eigenvalue weighted by Crippen LogP contribution is 2.20. The van der Waals surface area contributed by atoms with Gasteiger partial charge in [0.05, 0.1) is 6.61 Å². The first kappa shape index (κ1) is 17.7. The zero-order chi connectivity index (χ0) is 16.8. The summed E-state index contributed by atoms with van der Waals surface area (Å²) in [5.74, 6) is -0.921. The third-order valence-electron chi connectivity index (χ3n) is 4.24. The fourth-order valence-corrected chi connectivity index (χ4v) is 2.82. The molecule has 0 bridgehead atoms. The van der Waals surface area contributed by atoms with E-state index in [1.165, 1.54) is 6.07 Å². The molecule has 1 saturated heterocycles. The van der Waals surface area contributed by atoms with Crippen LogP contribution in [0.5, 0.6) is 5.75 Å². The molecule has 1 aromatic carbocycles. The zero-order valence-electron chi connectivity index (χ0n) is 13.4. The van der Waals surface area contributed by atoms with E-state index in [0.29, 0.717) is 25.3 Å². The van der Waals surface area contributed by atoms with Crippen LogP contribution in [0.2, 0.25) is 0 Å². The minimum Gasteiger partial charge on any atom is -0.491 e. The van der Waals surface area contributed by atoms with Crippen LogP contribution in [0.15, 0.2) is 18.2 Å². The molecule has 1 aromatic rings. The lowest BCUT2D eigenvalue weighted by Crippen LogP contribution is -2.45. The largest absolute Gasteiger partial charge is 0.491 e. The molecule has 0 aromatic heterocycles. The smallest absolute Gasteiger partial charge is 0.222 e. The average molecular weight is 326 g/mol. The van der Waals surface area contributed by atoms with Crippen molar-refractivity contribution in [2.24, 2.45) is 11.7 Å². The molecule has 128 valence electrons. The molecule has 2 rings (SSSR count). The molecule has 1 aliphatic heterocycles. The van der Waals surface area contributed by atoms with Crippen molar-refractivity contribution in [3.8, 4) is 5.75 Å². The summed E-state index contributed by atoms with van der Waals surface area (Å²) in [6, 6.07) is 3.27. The van der Waals surface area contributed by atoms with Crippen LogP contribution in [0.1, 0.15) is 32.6 Å². The van der Waals surface area contributed by atoms with Crippen LogP contribution in [0.3, 0.4) is 0 Å². The number of ether oxygens (including phenoxy) is 1. The molecule has 23 heavy (non-hydrogen) atoms. The van der Waals surface area contributed by atoms with Gasteiger partial charge in [-0.25, -0.2) is 8.78 Å². The van der Waals surface area contributed by atoms with Crippen LogP contribution in [0, 0.1) is 17.6 Å². The summed E-state index contributed by atoms with van der Waals surface area (Å²) < 4.78 is 31.4. The normalized spacial score (nSPS) is 19.5. The lowest BCUT2D eigenvalue weighted by Gasteiger charge is -2.34. The van der Waals surface area contributed by atoms with Crippen LogP contribution < -0.4 is 10.5 Å². The van der Waals surface area contributed by atoms with Gasteiger partial charge in [-0.05, 0) is 44.2 Å². The van der Waals surface area contributed by atoms with E-state index in [1.54, 1.807) is 0 Å². The molecule has 4 nitrogen and oxygen atoms in total. The van der Waals surface area contributed by atoms with Crippen molar-refractivity contribution in [1.82, 2.24) is 4.90 Å². The highest BCUT2D eigenvalue weighted by atomic mass is 19.1. The Kier molecular flexibility index (Phi) is 6.33. The Morgan fingerprint density at radius 2 is 2.26 bits per heavy atom. The highest BCUT2D eigenvalue weighted by molar-refractivity contribution is 5.76. The summed E-state index contributed by atoms with van der Waals surface area (Å²) >= 11 is 0. The minimum absolute atomic E-state index is 0.00819. The Morgan fingerprint density at radius 3 is 2.96 bits per heavy atom. The summed E-state index contributed by atoms with van der Waals surface area (Å²) in [4.78, 5) is 14.1. The first-order chi connectivity index (χ1) is 11.0. The Balaban J connectivity index is 1.72. The molecular formula is C17H24F2N2O2. The molecule has 0 spiro atoms. The maximum atomic E-state index is 13.4. The molecule has 2 N–H and O–H groups in total. The maximum Gasteiger partial charge on any atom is 0.222 e. The van der Waals surface area contributed by atoms with Gasteiger partial charge < -0.3 is 15.4 Å².